The lowest BCUT2D eigenvalue weighted by molar-refractivity contribution is -0.338. The number of rotatable bonds is 11. The Morgan fingerprint density at radius 3 is 2.15 bits per heavy atom. The van der Waals surface area contributed by atoms with Crippen LogP contribution >= 0.6 is 0 Å². The lowest BCUT2D eigenvalue weighted by atomic mass is 9.79. The largest absolute Gasteiger partial charge is 0.462 e. The second-order valence-electron chi connectivity index (χ2n) is 19.5. The molecule has 352 valence electrons. The maximum Gasteiger partial charge on any atom is 0.308 e. The van der Waals surface area contributed by atoms with Crippen LogP contribution in [-0.2, 0) is 42.7 Å². The van der Waals surface area contributed by atoms with Gasteiger partial charge in [0, 0.05) is 36.6 Å². The van der Waals surface area contributed by atoms with Crippen LogP contribution in [0.2, 0.25) is 0 Å². The molecular formula is C47H82N2O12. The molecule has 0 aliphatic carbocycles. The van der Waals surface area contributed by atoms with Crippen LogP contribution in [0, 0.1) is 29.6 Å². The zero-order chi connectivity index (χ0) is 45.5. The van der Waals surface area contributed by atoms with E-state index >= 15 is 0 Å². The zero-order valence-electron chi connectivity index (χ0n) is 39.6. The number of carbonyl (C=O) groups is 2. The minimum absolute atomic E-state index is 0.0315. The van der Waals surface area contributed by atoms with E-state index in [4.69, 9.17) is 33.2 Å². The third kappa shape index (κ3) is 13.6. The van der Waals surface area contributed by atoms with Crippen LogP contribution in [0.25, 0.3) is 0 Å². The van der Waals surface area contributed by atoms with Crippen LogP contribution in [-0.4, -0.2) is 157 Å². The normalized spacial score (nSPS) is 46.4. The van der Waals surface area contributed by atoms with Gasteiger partial charge in [0.15, 0.2) is 18.9 Å². The van der Waals surface area contributed by atoms with Gasteiger partial charge in [-0.05, 0) is 100 Å². The van der Waals surface area contributed by atoms with Gasteiger partial charge in [-0.15, -0.1) is 0 Å². The first kappa shape index (κ1) is 51.8. The Bertz CT molecular complexity index is 1440. The fourth-order valence-corrected chi connectivity index (χ4v) is 9.96. The Kier molecular flexibility index (Phi) is 19.4. The molecule has 0 spiro atoms. The summed E-state index contributed by atoms with van der Waals surface area (Å²) in [6.45, 7) is 19.4. The van der Waals surface area contributed by atoms with Gasteiger partial charge in [0.2, 0.25) is 0 Å². The summed E-state index contributed by atoms with van der Waals surface area (Å²) in [5.74, 6) is -2.06. The van der Waals surface area contributed by atoms with Crippen LogP contribution < -0.4 is 0 Å². The molecule has 4 rings (SSSR count). The van der Waals surface area contributed by atoms with Crippen LogP contribution in [0.15, 0.2) is 23.8 Å². The summed E-state index contributed by atoms with van der Waals surface area (Å²) >= 11 is 0. The lowest BCUT2D eigenvalue weighted by Gasteiger charge is -2.50. The monoisotopic (exact) mass is 867 g/mol. The first-order valence-electron chi connectivity index (χ1n) is 22.9. The van der Waals surface area contributed by atoms with Crippen molar-refractivity contribution < 1.29 is 58.1 Å². The molecule has 3 N–H and O–H groups in total. The molecule has 3 fully saturated rings. The number of ether oxygens (including phenoxy) is 7. The van der Waals surface area contributed by atoms with Gasteiger partial charge in [-0.3, -0.25) is 4.79 Å². The van der Waals surface area contributed by atoms with Crippen molar-refractivity contribution in [3.63, 3.8) is 0 Å². The number of aliphatic hydroxyl groups is 3. The van der Waals surface area contributed by atoms with Crippen LogP contribution in [0.3, 0.4) is 0 Å². The van der Waals surface area contributed by atoms with Gasteiger partial charge in [0.25, 0.3) is 0 Å². The van der Waals surface area contributed by atoms with Crippen molar-refractivity contribution >= 4 is 12.3 Å². The van der Waals surface area contributed by atoms with E-state index in [2.05, 4.69) is 45.0 Å². The Hall–Kier alpha value is -1.82. The average Bonchev–Trinajstić information content (AvgIpc) is 3.17. The molecule has 4 aliphatic rings. The van der Waals surface area contributed by atoms with Crippen LogP contribution in [0.4, 0.5) is 0 Å². The van der Waals surface area contributed by atoms with E-state index in [1.807, 2.05) is 66.6 Å². The van der Waals surface area contributed by atoms with Gasteiger partial charge >= 0.3 is 5.97 Å². The summed E-state index contributed by atoms with van der Waals surface area (Å²) in [7, 11) is 7.81. The molecule has 0 aromatic rings. The van der Waals surface area contributed by atoms with E-state index in [9.17, 15) is 24.9 Å². The van der Waals surface area contributed by atoms with E-state index in [0.717, 1.165) is 24.7 Å². The summed E-state index contributed by atoms with van der Waals surface area (Å²) in [6, 6.07) is -0.350. The summed E-state index contributed by atoms with van der Waals surface area (Å²) < 4.78 is 45.2. The zero-order valence-corrected chi connectivity index (χ0v) is 39.6. The third-order valence-corrected chi connectivity index (χ3v) is 14.1. The summed E-state index contributed by atoms with van der Waals surface area (Å²) in [4.78, 5) is 30.0. The maximum absolute atomic E-state index is 13.4. The molecule has 0 saturated carbocycles. The SMILES string of the molecule is CC[C@H]1OC(=O)C[C@@H](O)[C@H](C)[C@@H](O[C@@H]2OC(C)[C@H](O[C@H]3CC(C)(O)[C@@H](C)C(C)O3)C(N(C)C)C2O)[C@@H](CC=O)C[C@@H](C)[C@@H](O[C@H]2CC[C@@H](N(C)C)C(C)O2)/C=C/C(C)=C/[C@@H]1C. The van der Waals surface area contributed by atoms with Crippen molar-refractivity contribution in [2.75, 3.05) is 28.2 Å². The van der Waals surface area contributed by atoms with Crippen LogP contribution in [0.1, 0.15) is 114 Å². The van der Waals surface area contributed by atoms with Crippen molar-refractivity contribution in [3.05, 3.63) is 23.8 Å². The minimum Gasteiger partial charge on any atom is -0.462 e. The summed E-state index contributed by atoms with van der Waals surface area (Å²) in [5, 5.41) is 35.1. The molecule has 0 aromatic carbocycles. The second kappa shape index (κ2) is 22.9. The number of allylic oxidation sites excluding steroid dienone is 2. The second-order valence-corrected chi connectivity index (χ2v) is 19.5. The quantitative estimate of drug-likeness (QED) is 0.182. The predicted molar refractivity (Wildman–Crippen MR) is 232 cm³/mol. The molecule has 6 unspecified atom stereocenters. The molecule has 0 amide bonds. The number of aldehydes is 1. The summed E-state index contributed by atoms with van der Waals surface area (Å²) in [5.41, 5.74) is -0.0288. The highest BCUT2D eigenvalue weighted by atomic mass is 16.7. The first-order valence-corrected chi connectivity index (χ1v) is 22.9. The van der Waals surface area contributed by atoms with Crippen molar-refractivity contribution in [2.24, 2.45) is 29.6 Å². The van der Waals surface area contributed by atoms with Gasteiger partial charge in [-0.2, -0.15) is 0 Å². The number of hydrogen-bond acceptors (Lipinski definition) is 14. The van der Waals surface area contributed by atoms with Gasteiger partial charge in [0.1, 0.15) is 24.6 Å². The van der Waals surface area contributed by atoms with Crippen molar-refractivity contribution in [3.8, 4) is 0 Å². The van der Waals surface area contributed by atoms with Gasteiger partial charge in [-0.25, -0.2) is 0 Å². The van der Waals surface area contributed by atoms with Crippen LogP contribution in [0.5, 0.6) is 0 Å². The average molecular weight is 867 g/mol. The molecule has 14 heteroatoms. The van der Waals surface area contributed by atoms with Crippen molar-refractivity contribution in [1.29, 1.82) is 0 Å². The molecule has 4 heterocycles. The lowest BCUT2D eigenvalue weighted by Crippen LogP contribution is -2.65. The highest BCUT2D eigenvalue weighted by Crippen LogP contribution is 2.39. The van der Waals surface area contributed by atoms with Crippen molar-refractivity contribution in [2.45, 2.75) is 206 Å². The van der Waals surface area contributed by atoms with E-state index in [-0.39, 0.29) is 55.3 Å². The molecule has 0 bridgehead atoms. The van der Waals surface area contributed by atoms with E-state index in [1.165, 1.54) is 0 Å². The Labute approximate surface area is 366 Å². The molecule has 0 radical (unpaired) electrons. The number of likely N-dealkylation sites (N-methyl/N-ethyl adjacent to an activating group) is 2. The first-order chi connectivity index (χ1) is 28.6. The highest BCUT2D eigenvalue weighted by molar-refractivity contribution is 5.70. The van der Waals surface area contributed by atoms with Gasteiger partial charge in [-0.1, -0.05) is 58.4 Å². The number of cyclic esters (lactones) is 1. The predicted octanol–water partition coefficient (Wildman–Crippen LogP) is 5.25. The van der Waals surface area contributed by atoms with Gasteiger partial charge < -0.3 is 63.1 Å². The number of esters is 1. The van der Waals surface area contributed by atoms with Gasteiger partial charge in [0.05, 0.1) is 54.7 Å². The minimum atomic E-state index is -1.24. The van der Waals surface area contributed by atoms with E-state index in [1.54, 1.807) is 13.8 Å². The topological polar surface area (TPSA) is 166 Å². The fourth-order valence-electron chi connectivity index (χ4n) is 9.96. The number of carbonyl (C=O) groups excluding carboxylic acids is 2. The molecule has 3 saturated heterocycles. The Morgan fingerprint density at radius 2 is 1.56 bits per heavy atom. The molecule has 20 atom stereocenters. The van der Waals surface area contributed by atoms with E-state index in [0.29, 0.717) is 12.8 Å². The molecular weight excluding hydrogens is 785 g/mol. The van der Waals surface area contributed by atoms with Crippen molar-refractivity contribution in [1.82, 2.24) is 9.80 Å². The number of hydrogen-bond donors (Lipinski definition) is 3. The molecule has 61 heavy (non-hydrogen) atoms. The highest BCUT2D eigenvalue weighted by Gasteiger charge is 2.51. The molecule has 0 aromatic heterocycles. The molecule has 14 nitrogen and oxygen atoms in total. The third-order valence-electron chi connectivity index (χ3n) is 14.1. The number of nitrogens with zero attached hydrogens (tertiary/aromatic N) is 2. The molecule has 4 aliphatic heterocycles. The number of aliphatic hydroxyl groups excluding tert-OH is 2. The standard InChI is InChI=1S/C47H82N2O12/c1-15-37-27(3)22-26(2)16-18-38(59-40-19-17-35(48(11)12)32(8)56-40)28(4)23-34(20-21-50)44(29(5)36(51)24-39(52)58-37)61-46-43(53)42(49(13)14)45(33(9)57-46)60-41-25-47(10,54)30(6)31(7)55-41/h16,18,21-22,27-38,40-46,51,53-54H,15,17,19-20,23-25H2,1-14H3/b18-16+,26-22+/t27-,28+,29-,30-,31?,32?,33?,34-,35+,36+,37+,38-,40-,41-,42?,43?,44+,45-,46-,47?/m0/s1. The smallest absolute Gasteiger partial charge is 0.308 e. The Balaban J connectivity index is 1.69. The fraction of sp³-hybridized carbons (Fsp3) is 0.872. The van der Waals surface area contributed by atoms with E-state index < -0.39 is 91.0 Å². The maximum atomic E-state index is 13.4. The summed E-state index contributed by atoms with van der Waals surface area (Å²) in [6.07, 6.45) is 1.73. The Morgan fingerprint density at radius 1 is 0.885 bits per heavy atom.